The third kappa shape index (κ3) is 6.06. The van der Waals surface area contributed by atoms with Gasteiger partial charge in [0.1, 0.15) is 0 Å². The van der Waals surface area contributed by atoms with E-state index in [0.717, 1.165) is 5.56 Å². The summed E-state index contributed by atoms with van der Waals surface area (Å²) in [4.78, 5) is 24.4. The molecule has 0 aliphatic rings. The highest BCUT2D eigenvalue weighted by Crippen LogP contribution is 2.13. The number of hydrogen-bond donors (Lipinski definition) is 2. The molecule has 0 atom stereocenters. The van der Waals surface area contributed by atoms with Gasteiger partial charge >= 0.3 is 0 Å². The largest absolute Gasteiger partial charge is 0.347 e. The van der Waals surface area contributed by atoms with Gasteiger partial charge in [0.05, 0.1) is 11.6 Å². The quantitative estimate of drug-likeness (QED) is 0.864. The van der Waals surface area contributed by atoms with Crippen molar-refractivity contribution in [2.75, 3.05) is 5.32 Å². The van der Waals surface area contributed by atoms with Gasteiger partial charge in [-0.05, 0) is 63.1 Å². The van der Waals surface area contributed by atoms with E-state index in [-0.39, 0.29) is 17.4 Å². The van der Waals surface area contributed by atoms with Crippen LogP contribution in [-0.4, -0.2) is 17.4 Å². The Morgan fingerprint density at radius 2 is 1.77 bits per heavy atom. The van der Waals surface area contributed by atoms with Gasteiger partial charge < -0.3 is 10.6 Å². The average Bonchev–Trinajstić information content (AvgIpc) is 2.59. The molecule has 0 saturated heterocycles. The molecular weight excluding hydrogens is 326 g/mol. The van der Waals surface area contributed by atoms with E-state index in [1.54, 1.807) is 36.4 Å². The molecule has 0 aliphatic heterocycles. The summed E-state index contributed by atoms with van der Waals surface area (Å²) in [6, 6.07) is 16.1. The van der Waals surface area contributed by atoms with Gasteiger partial charge in [-0.25, -0.2) is 0 Å². The standard InChI is InChI=1S/C21H23N3O2/c1-21(2,3)24-20(26)17-5-4-6-18(13-17)23-19(25)12-11-15-7-9-16(14-22)10-8-15/h4-10,13H,11-12H2,1-3H3,(H,23,25)(H,24,26). The predicted octanol–water partition coefficient (Wildman–Crippen LogP) is 3.66. The van der Waals surface area contributed by atoms with Crippen molar-refractivity contribution in [1.29, 1.82) is 5.26 Å². The lowest BCUT2D eigenvalue weighted by Gasteiger charge is -2.20. The zero-order valence-corrected chi connectivity index (χ0v) is 15.3. The van der Waals surface area contributed by atoms with Gasteiger partial charge in [0.2, 0.25) is 5.91 Å². The van der Waals surface area contributed by atoms with Crippen LogP contribution in [0, 0.1) is 11.3 Å². The maximum absolute atomic E-state index is 12.2. The van der Waals surface area contributed by atoms with Crippen LogP contribution in [0.1, 0.15) is 48.7 Å². The van der Waals surface area contributed by atoms with E-state index in [1.165, 1.54) is 0 Å². The molecule has 2 aromatic carbocycles. The second kappa shape index (κ2) is 8.30. The van der Waals surface area contributed by atoms with Crippen LogP contribution < -0.4 is 10.6 Å². The molecule has 0 saturated carbocycles. The van der Waals surface area contributed by atoms with Gasteiger partial charge in [0.25, 0.3) is 5.91 Å². The number of anilines is 1. The summed E-state index contributed by atoms with van der Waals surface area (Å²) in [7, 11) is 0. The van der Waals surface area contributed by atoms with E-state index in [1.807, 2.05) is 32.9 Å². The summed E-state index contributed by atoms with van der Waals surface area (Å²) in [6.45, 7) is 5.75. The van der Waals surface area contributed by atoms with Gasteiger partial charge in [-0.15, -0.1) is 0 Å². The van der Waals surface area contributed by atoms with Crippen LogP contribution in [0.4, 0.5) is 5.69 Å². The van der Waals surface area contributed by atoms with Crippen LogP contribution in [0.3, 0.4) is 0 Å². The molecule has 0 aliphatic carbocycles. The Balaban J connectivity index is 1.93. The molecule has 0 fully saturated rings. The van der Waals surface area contributed by atoms with Crippen molar-refractivity contribution in [3.63, 3.8) is 0 Å². The number of benzene rings is 2. The second-order valence-electron chi connectivity index (χ2n) is 7.14. The Bertz CT molecular complexity index is 828. The summed E-state index contributed by atoms with van der Waals surface area (Å²) in [5.41, 5.74) is 2.37. The molecule has 134 valence electrons. The summed E-state index contributed by atoms with van der Waals surface area (Å²) < 4.78 is 0. The molecule has 0 heterocycles. The Morgan fingerprint density at radius 1 is 1.08 bits per heavy atom. The van der Waals surface area contributed by atoms with Crippen LogP contribution in [0.25, 0.3) is 0 Å². The van der Waals surface area contributed by atoms with Crippen molar-refractivity contribution in [3.8, 4) is 6.07 Å². The second-order valence-corrected chi connectivity index (χ2v) is 7.14. The molecule has 0 radical (unpaired) electrons. The number of carbonyl (C=O) groups excluding carboxylic acids is 2. The number of carbonyl (C=O) groups is 2. The zero-order valence-electron chi connectivity index (χ0n) is 15.3. The van der Waals surface area contributed by atoms with Crippen LogP contribution >= 0.6 is 0 Å². The summed E-state index contributed by atoms with van der Waals surface area (Å²) in [5.74, 6) is -0.297. The third-order valence-corrected chi connectivity index (χ3v) is 3.62. The monoisotopic (exact) mass is 349 g/mol. The summed E-state index contributed by atoms with van der Waals surface area (Å²) >= 11 is 0. The average molecular weight is 349 g/mol. The van der Waals surface area contributed by atoms with Crippen molar-refractivity contribution in [1.82, 2.24) is 5.32 Å². The number of amides is 2. The molecule has 2 rings (SSSR count). The van der Waals surface area contributed by atoms with Crippen molar-refractivity contribution in [3.05, 3.63) is 65.2 Å². The fourth-order valence-corrected chi connectivity index (χ4v) is 2.38. The maximum atomic E-state index is 12.2. The van der Waals surface area contributed by atoms with Crippen LogP contribution in [0.5, 0.6) is 0 Å². The maximum Gasteiger partial charge on any atom is 0.251 e. The third-order valence-electron chi connectivity index (χ3n) is 3.62. The van der Waals surface area contributed by atoms with E-state index in [0.29, 0.717) is 29.7 Å². The Labute approximate surface area is 154 Å². The first kappa shape index (κ1) is 19.2. The summed E-state index contributed by atoms with van der Waals surface area (Å²) in [5, 5.41) is 14.5. The van der Waals surface area contributed by atoms with Crippen molar-refractivity contribution in [2.24, 2.45) is 0 Å². The lowest BCUT2D eigenvalue weighted by Crippen LogP contribution is -2.40. The van der Waals surface area contributed by atoms with Crippen LogP contribution in [-0.2, 0) is 11.2 Å². The fraction of sp³-hybridized carbons (Fsp3) is 0.286. The summed E-state index contributed by atoms with van der Waals surface area (Å²) in [6.07, 6.45) is 0.909. The molecule has 2 aromatic rings. The van der Waals surface area contributed by atoms with Crippen molar-refractivity contribution < 1.29 is 9.59 Å². The lowest BCUT2D eigenvalue weighted by atomic mass is 10.1. The Kier molecular flexibility index (Phi) is 6.13. The first-order chi connectivity index (χ1) is 12.3. The van der Waals surface area contributed by atoms with Gasteiger partial charge in [-0.3, -0.25) is 9.59 Å². The predicted molar refractivity (Wildman–Crippen MR) is 102 cm³/mol. The topological polar surface area (TPSA) is 82.0 Å². The minimum absolute atomic E-state index is 0.122. The van der Waals surface area contributed by atoms with Gasteiger partial charge in [-0.2, -0.15) is 5.26 Å². The molecule has 0 spiro atoms. The molecule has 5 heteroatoms. The number of hydrogen-bond acceptors (Lipinski definition) is 3. The Morgan fingerprint density at radius 3 is 2.38 bits per heavy atom. The van der Waals surface area contributed by atoms with Gasteiger partial charge in [0, 0.05) is 23.2 Å². The van der Waals surface area contributed by atoms with Crippen molar-refractivity contribution >= 4 is 17.5 Å². The normalized spacial score (nSPS) is 10.7. The highest BCUT2D eigenvalue weighted by atomic mass is 16.2. The van der Waals surface area contributed by atoms with Crippen LogP contribution in [0.2, 0.25) is 0 Å². The van der Waals surface area contributed by atoms with E-state index >= 15 is 0 Å². The smallest absolute Gasteiger partial charge is 0.251 e. The number of aryl methyl sites for hydroxylation is 1. The van der Waals surface area contributed by atoms with E-state index < -0.39 is 0 Å². The minimum atomic E-state index is -0.322. The number of nitrogens with one attached hydrogen (secondary N) is 2. The number of rotatable bonds is 5. The van der Waals surface area contributed by atoms with Gasteiger partial charge in [-0.1, -0.05) is 18.2 Å². The molecule has 0 aromatic heterocycles. The SMILES string of the molecule is CC(C)(C)NC(=O)c1cccc(NC(=O)CCc2ccc(C#N)cc2)c1. The lowest BCUT2D eigenvalue weighted by molar-refractivity contribution is -0.116. The Hall–Kier alpha value is -3.13. The molecule has 2 amide bonds. The fourth-order valence-electron chi connectivity index (χ4n) is 2.38. The molecule has 2 N–H and O–H groups in total. The van der Waals surface area contributed by atoms with Crippen LogP contribution in [0.15, 0.2) is 48.5 Å². The molecule has 0 unspecified atom stereocenters. The van der Waals surface area contributed by atoms with E-state index in [9.17, 15) is 9.59 Å². The highest BCUT2D eigenvalue weighted by Gasteiger charge is 2.15. The molecule has 0 bridgehead atoms. The first-order valence-electron chi connectivity index (χ1n) is 8.48. The van der Waals surface area contributed by atoms with E-state index in [4.69, 9.17) is 5.26 Å². The van der Waals surface area contributed by atoms with E-state index in [2.05, 4.69) is 16.7 Å². The van der Waals surface area contributed by atoms with Gasteiger partial charge in [0.15, 0.2) is 0 Å². The van der Waals surface area contributed by atoms with Crippen molar-refractivity contribution in [2.45, 2.75) is 39.2 Å². The zero-order chi connectivity index (χ0) is 19.2. The molecular formula is C21H23N3O2. The number of nitriles is 1. The first-order valence-corrected chi connectivity index (χ1v) is 8.48. The molecule has 26 heavy (non-hydrogen) atoms. The number of nitrogens with zero attached hydrogens (tertiary/aromatic N) is 1. The highest BCUT2D eigenvalue weighted by molar-refractivity contribution is 5.97. The molecule has 5 nitrogen and oxygen atoms in total. The minimum Gasteiger partial charge on any atom is -0.347 e.